The number of thiocarbonyl (C=S) groups is 1. The standard InChI is InChI=1S/C13H13NO4S3/c1-3-14-12(15)11(20-13(14)19)8-9-4-6-10(7-5-9)18-21(2,16)17/h4-8H,3H2,1-2H3. The van der Waals surface area contributed by atoms with Crippen LogP contribution >= 0.6 is 24.0 Å². The molecule has 1 aliphatic heterocycles. The Morgan fingerprint density at radius 2 is 1.95 bits per heavy atom. The van der Waals surface area contributed by atoms with Crippen molar-refractivity contribution >= 4 is 50.4 Å². The van der Waals surface area contributed by atoms with Crippen molar-refractivity contribution in [3.8, 4) is 5.75 Å². The van der Waals surface area contributed by atoms with E-state index in [4.69, 9.17) is 16.4 Å². The quantitative estimate of drug-likeness (QED) is 0.475. The van der Waals surface area contributed by atoms with E-state index in [0.717, 1.165) is 11.8 Å². The molecule has 0 aliphatic carbocycles. The van der Waals surface area contributed by atoms with Gasteiger partial charge in [0, 0.05) is 6.54 Å². The van der Waals surface area contributed by atoms with Crippen LogP contribution in [-0.4, -0.2) is 36.3 Å². The van der Waals surface area contributed by atoms with Gasteiger partial charge in [-0.3, -0.25) is 9.69 Å². The van der Waals surface area contributed by atoms with Gasteiger partial charge in [-0.25, -0.2) is 0 Å². The molecule has 0 saturated carbocycles. The maximum atomic E-state index is 12.1. The van der Waals surface area contributed by atoms with Crippen molar-refractivity contribution in [3.05, 3.63) is 34.7 Å². The number of amides is 1. The zero-order valence-corrected chi connectivity index (χ0v) is 13.8. The fourth-order valence-corrected chi connectivity index (χ4v) is 3.56. The van der Waals surface area contributed by atoms with Gasteiger partial charge in [-0.1, -0.05) is 36.1 Å². The van der Waals surface area contributed by atoms with Crippen LogP contribution in [0.25, 0.3) is 6.08 Å². The van der Waals surface area contributed by atoms with E-state index in [1.165, 1.54) is 28.8 Å². The van der Waals surface area contributed by atoms with Crippen LogP contribution in [0.4, 0.5) is 0 Å². The van der Waals surface area contributed by atoms with Crippen molar-refractivity contribution in [1.82, 2.24) is 4.90 Å². The predicted molar refractivity (Wildman–Crippen MR) is 87.5 cm³/mol. The molecule has 1 aromatic carbocycles. The van der Waals surface area contributed by atoms with Gasteiger partial charge >= 0.3 is 10.1 Å². The average molecular weight is 343 g/mol. The second kappa shape index (κ2) is 6.17. The van der Waals surface area contributed by atoms with E-state index in [0.29, 0.717) is 15.8 Å². The molecule has 0 atom stereocenters. The van der Waals surface area contributed by atoms with Gasteiger partial charge in [0.25, 0.3) is 5.91 Å². The van der Waals surface area contributed by atoms with Crippen molar-refractivity contribution in [2.24, 2.45) is 0 Å². The fraction of sp³-hybridized carbons (Fsp3) is 0.231. The number of hydrogen-bond donors (Lipinski definition) is 0. The number of carbonyl (C=O) groups is 1. The Hall–Kier alpha value is -1.38. The topological polar surface area (TPSA) is 63.7 Å². The fourth-order valence-electron chi connectivity index (χ4n) is 1.72. The van der Waals surface area contributed by atoms with Crippen LogP contribution in [0.5, 0.6) is 5.75 Å². The van der Waals surface area contributed by atoms with Crippen molar-refractivity contribution in [2.45, 2.75) is 6.92 Å². The average Bonchev–Trinajstić information content (AvgIpc) is 2.65. The molecule has 8 heteroatoms. The van der Waals surface area contributed by atoms with Crippen LogP contribution < -0.4 is 4.18 Å². The minimum absolute atomic E-state index is 0.107. The number of hydrogen-bond acceptors (Lipinski definition) is 6. The molecular formula is C13H13NO4S3. The number of likely N-dealkylation sites (N-methyl/N-ethyl adjacent to an activating group) is 1. The van der Waals surface area contributed by atoms with Gasteiger partial charge in [-0.2, -0.15) is 8.42 Å². The maximum absolute atomic E-state index is 12.1. The first-order valence-electron chi connectivity index (χ1n) is 6.05. The van der Waals surface area contributed by atoms with E-state index < -0.39 is 10.1 Å². The second-order valence-corrected chi connectivity index (χ2v) is 7.53. The van der Waals surface area contributed by atoms with Crippen LogP contribution in [0, 0.1) is 0 Å². The number of carbonyl (C=O) groups excluding carboxylic acids is 1. The number of thioether (sulfide) groups is 1. The molecule has 0 bridgehead atoms. The van der Waals surface area contributed by atoms with Crippen molar-refractivity contribution < 1.29 is 17.4 Å². The summed E-state index contributed by atoms with van der Waals surface area (Å²) in [4.78, 5) is 14.1. The summed E-state index contributed by atoms with van der Waals surface area (Å²) in [5.74, 6) is 0.125. The summed E-state index contributed by atoms with van der Waals surface area (Å²) in [5.41, 5.74) is 0.771. The van der Waals surface area contributed by atoms with Gasteiger partial charge < -0.3 is 4.18 Å². The van der Waals surface area contributed by atoms with Crippen LogP contribution in [0.15, 0.2) is 29.2 Å². The van der Waals surface area contributed by atoms with Crippen LogP contribution in [0.1, 0.15) is 12.5 Å². The monoisotopic (exact) mass is 343 g/mol. The first-order valence-corrected chi connectivity index (χ1v) is 9.09. The predicted octanol–water partition coefficient (Wildman–Crippen LogP) is 2.25. The van der Waals surface area contributed by atoms with Crippen LogP contribution in [0.2, 0.25) is 0 Å². The summed E-state index contributed by atoms with van der Waals surface area (Å²) in [6, 6.07) is 6.43. The second-order valence-electron chi connectivity index (χ2n) is 4.28. The molecular weight excluding hydrogens is 330 g/mol. The molecule has 0 unspecified atom stereocenters. The van der Waals surface area contributed by atoms with Crippen molar-refractivity contribution in [2.75, 3.05) is 12.8 Å². The van der Waals surface area contributed by atoms with E-state index in [1.54, 1.807) is 18.2 Å². The molecule has 0 radical (unpaired) electrons. The summed E-state index contributed by atoms with van der Waals surface area (Å²) in [6.45, 7) is 2.41. The molecule has 0 N–H and O–H groups in total. The van der Waals surface area contributed by atoms with Crippen LogP contribution in [-0.2, 0) is 14.9 Å². The van der Waals surface area contributed by atoms with E-state index in [1.807, 2.05) is 6.92 Å². The first kappa shape index (κ1) is 16.0. The van der Waals surface area contributed by atoms with Crippen LogP contribution in [0.3, 0.4) is 0 Å². The highest BCUT2D eigenvalue weighted by Gasteiger charge is 2.30. The highest BCUT2D eigenvalue weighted by Crippen LogP contribution is 2.32. The molecule has 1 fully saturated rings. The zero-order chi connectivity index (χ0) is 15.6. The Kier molecular flexibility index (Phi) is 4.70. The van der Waals surface area contributed by atoms with Gasteiger partial charge in [0.2, 0.25) is 0 Å². The van der Waals surface area contributed by atoms with Crippen molar-refractivity contribution in [3.63, 3.8) is 0 Å². The summed E-state index contributed by atoms with van der Waals surface area (Å²) in [6.07, 6.45) is 2.70. The third-order valence-corrected chi connectivity index (χ3v) is 4.49. The number of benzene rings is 1. The van der Waals surface area contributed by atoms with E-state index in [-0.39, 0.29) is 11.7 Å². The van der Waals surface area contributed by atoms with Gasteiger partial charge in [0.15, 0.2) is 0 Å². The molecule has 1 aromatic rings. The molecule has 0 spiro atoms. The number of rotatable bonds is 4. The largest absolute Gasteiger partial charge is 0.383 e. The molecule has 0 aromatic heterocycles. The Morgan fingerprint density at radius 1 is 1.33 bits per heavy atom. The molecule has 112 valence electrons. The summed E-state index contributed by atoms with van der Waals surface area (Å²) in [5, 5.41) is 0. The summed E-state index contributed by atoms with van der Waals surface area (Å²) in [7, 11) is -3.54. The van der Waals surface area contributed by atoms with Gasteiger partial charge in [-0.15, -0.1) is 0 Å². The molecule has 21 heavy (non-hydrogen) atoms. The van der Waals surface area contributed by atoms with Gasteiger partial charge in [-0.05, 0) is 30.7 Å². The minimum atomic E-state index is -3.54. The molecule has 1 aliphatic rings. The third-order valence-electron chi connectivity index (χ3n) is 2.62. The third kappa shape index (κ3) is 4.05. The Balaban J connectivity index is 2.19. The normalized spacial score (nSPS) is 17.6. The maximum Gasteiger partial charge on any atom is 0.306 e. The SMILES string of the molecule is CCN1C(=O)C(=Cc2ccc(OS(C)(=O)=O)cc2)SC1=S. The molecule has 1 heterocycles. The lowest BCUT2D eigenvalue weighted by Gasteiger charge is -2.09. The Morgan fingerprint density at radius 3 is 2.43 bits per heavy atom. The highest BCUT2D eigenvalue weighted by molar-refractivity contribution is 8.26. The lowest BCUT2D eigenvalue weighted by Crippen LogP contribution is -2.27. The smallest absolute Gasteiger partial charge is 0.306 e. The summed E-state index contributed by atoms with van der Waals surface area (Å²) >= 11 is 6.39. The Bertz CT molecular complexity index is 707. The number of nitrogens with zero attached hydrogens (tertiary/aromatic N) is 1. The van der Waals surface area contributed by atoms with E-state index >= 15 is 0 Å². The Labute approximate surface area is 133 Å². The molecule has 2 rings (SSSR count). The lowest BCUT2D eigenvalue weighted by molar-refractivity contribution is -0.121. The minimum Gasteiger partial charge on any atom is -0.383 e. The van der Waals surface area contributed by atoms with E-state index in [2.05, 4.69) is 0 Å². The highest BCUT2D eigenvalue weighted by atomic mass is 32.2. The van der Waals surface area contributed by atoms with Gasteiger partial charge in [0.1, 0.15) is 10.1 Å². The summed E-state index contributed by atoms with van der Waals surface area (Å²) < 4.78 is 27.3. The zero-order valence-electron chi connectivity index (χ0n) is 11.4. The van der Waals surface area contributed by atoms with E-state index in [9.17, 15) is 13.2 Å². The molecule has 1 amide bonds. The van der Waals surface area contributed by atoms with Gasteiger partial charge in [0.05, 0.1) is 11.2 Å². The van der Waals surface area contributed by atoms with Crippen molar-refractivity contribution in [1.29, 1.82) is 0 Å². The first-order chi connectivity index (χ1) is 9.80. The molecule has 1 saturated heterocycles. The molecule has 5 nitrogen and oxygen atoms in total. The lowest BCUT2D eigenvalue weighted by atomic mass is 10.2.